The van der Waals surface area contributed by atoms with Crippen LogP contribution in [0.25, 0.3) is 0 Å². The lowest BCUT2D eigenvalue weighted by molar-refractivity contribution is 0.0648. The van der Waals surface area contributed by atoms with Gasteiger partial charge >= 0.3 is 0 Å². The van der Waals surface area contributed by atoms with E-state index >= 15 is 0 Å². The van der Waals surface area contributed by atoms with Crippen molar-refractivity contribution < 1.29 is 4.79 Å². The minimum absolute atomic E-state index is 0.00748. The maximum atomic E-state index is 12.3. The van der Waals surface area contributed by atoms with E-state index in [1.54, 1.807) is 6.20 Å². The fourth-order valence-corrected chi connectivity index (χ4v) is 2.37. The third-order valence-corrected chi connectivity index (χ3v) is 3.38. The number of pyridine rings is 1. The molecule has 1 saturated heterocycles. The van der Waals surface area contributed by atoms with E-state index in [1.807, 2.05) is 24.0 Å². The molecule has 19 heavy (non-hydrogen) atoms. The number of carbonyl (C=O) groups is 1. The van der Waals surface area contributed by atoms with Crippen molar-refractivity contribution in [2.45, 2.75) is 6.92 Å². The molecule has 1 aliphatic rings. The smallest absolute Gasteiger partial charge is 0.272 e. The first-order valence-corrected chi connectivity index (χ1v) is 6.70. The normalized spacial score (nSPS) is 16.4. The van der Waals surface area contributed by atoms with Crippen molar-refractivity contribution in [3.8, 4) is 0 Å². The van der Waals surface area contributed by atoms with Gasteiger partial charge in [-0.3, -0.25) is 14.7 Å². The zero-order valence-electron chi connectivity index (χ0n) is 11.0. The summed E-state index contributed by atoms with van der Waals surface area (Å²) in [6.07, 6.45) is 1.66. The molecule has 0 saturated carbocycles. The Hall–Kier alpha value is -1.53. The van der Waals surface area contributed by atoms with E-state index in [0.29, 0.717) is 30.3 Å². The molecule has 1 aromatic heterocycles. The number of thiocarbonyl (C=S) groups is 1. The van der Waals surface area contributed by atoms with Crippen LogP contribution in [-0.2, 0) is 0 Å². The van der Waals surface area contributed by atoms with Crippen molar-refractivity contribution in [1.82, 2.24) is 14.8 Å². The number of piperazine rings is 1. The largest absolute Gasteiger partial charge is 0.392 e. The van der Waals surface area contributed by atoms with Crippen molar-refractivity contribution in [1.29, 1.82) is 0 Å². The summed E-state index contributed by atoms with van der Waals surface area (Å²) in [5, 5.41) is 0. The van der Waals surface area contributed by atoms with Gasteiger partial charge in [0, 0.05) is 38.9 Å². The highest BCUT2D eigenvalue weighted by Gasteiger charge is 2.23. The van der Waals surface area contributed by atoms with Crippen LogP contribution in [0.5, 0.6) is 0 Å². The summed E-state index contributed by atoms with van der Waals surface area (Å²) >= 11 is 4.90. The van der Waals surface area contributed by atoms with Gasteiger partial charge in [-0.1, -0.05) is 18.3 Å². The van der Waals surface area contributed by atoms with E-state index in [4.69, 9.17) is 18.0 Å². The molecule has 0 radical (unpaired) electrons. The number of hydrogen-bond acceptors (Lipinski definition) is 4. The molecule has 6 heteroatoms. The summed E-state index contributed by atoms with van der Waals surface area (Å²) < 4.78 is 0. The van der Waals surface area contributed by atoms with Gasteiger partial charge in [-0.15, -0.1) is 0 Å². The monoisotopic (exact) mass is 278 g/mol. The van der Waals surface area contributed by atoms with Gasteiger partial charge in [0.25, 0.3) is 5.91 Å². The Kier molecular flexibility index (Phi) is 4.44. The second-order valence-corrected chi connectivity index (χ2v) is 5.23. The molecule has 1 amide bonds. The second kappa shape index (κ2) is 6.08. The molecule has 2 rings (SSSR count). The zero-order valence-corrected chi connectivity index (χ0v) is 11.8. The van der Waals surface area contributed by atoms with Crippen molar-refractivity contribution in [2.24, 2.45) is 5.73 Å². The molecule has 1 fully saturated rings. The van der Waals surface area contributed by atoms with Crippen LogP contribution in [0.1, 0.15) is 16.1 Å². The highest BCUT2D eigenvalue weighted by Crippen LogP contribution is 2.10. The molecule has 2 heterocycles. The van der Waals surface area contributed by atoms with E-state index in [9.17, 15) is 4.79 Å². The summed E-state index contributed by atoms with van der Waals surface area (Å²) in [5.74, 6) is 0.00748. The van der Waals surface area contributed by atoms with Gasteiger partial charge in [-0.05, 0) is 18.6 Å². The van der Waals surface area contributed by atoms with Crippen LogP contribution < -0.4 is 5.73 Å². The van der Waals surface area contributed by atoms with Crippen molar-refractivity contribution in [2.75, 3.05) is 32.7 Å². The minimum Gasteiger partial charge on any atom is -0.392 e. The van der Waals surface area contributed by atoms with E-state index in [1.165, 1.54) is 0 Å². The molecule has 0 aromatic carbocycles. The SMILES string of the molecule is Cc1cccnc1C(=O)N1CCN(CC(N)=S)CC1. The average Bonchev–Trinajstić information content (AvgIpc) is 2.39. The van der Waals surface area contributed by atoms with Crippen LogP contribution in [0.2, 0.25) is 0 Å². The number of hydrogen-bond donors (Lipinski definition) is 1. The Balaban J connectivity index is 1.96. The Morgan fingerprint density at radius 2 is 2.11 bits per heavy atom. The first kappa shape index (κ1) is 13.9. The number of nitrogens with zero attached hydrogens (tertiary/aromatic N) is 3. The standard InChI is InChI=1S/C13H18N4OS/c1-10-3-2-4-15-12(10)13(18)17-7-5-16(6-8-17)9-11(14)19/h2-4H,5-9H2,1H3,(H2,14,19). The Labute approximate surface area is 118 Å². The maximum absolute atomic E-state index is 12.3. The van der Waals surface area contributed by atoms with Gasteiger partial charge in [-0.2, -0.15) is 0 Å². The summed E-state index contributed by atoms with van der Waals surface area (Å²) in [6, 6.07) is 3.75. The van der Waals surface area contributed by atoms with Crippen molar-refractivity contribution in [3.05, 3.63) is 29.6 Å². The highest BCUT2D eigenvalue weighted by molar-refractivity contribution is 7.80. The van der Waals surface area contributed by atoms with E-state index in [-0.39, 0.29) is 5.91 Å². The Morgan fingerprint density at radius 1 is 1.42 bits per heavy atom. The third-order valence-electron chi connectivity index (χ3n) is 3.25. The number of nitrogens with two attached hydrogens (primary N) is 1. The predicted octanol–water partition coefficient (Wildman–Crippen LogP) is 0.434. The van der Waals surface area contributed by atoms with Crippen LogP contribution >= 0.6 is 12.2 Å². The van der Waals surface area contributed by atoms with E-state index in [0.717, 1.165) is 18.7 Å². The minimum atomic E-state index is 0.00748. The van der Waals surface area contributed by atoms with E-state index < -0.39 is 0 Å². The Bertz CT molecular complexity index is 483. The average molecular weight is 278 g/mol. The third kappa shape index (κ3) is 3.48. The van der Waals surface area contributed by atoms with Crippen LogP contribution in [0.4, 0.5) is 0 Å². The molecular formula is C13H18N4OS. The van der Waals surface area contributed by atoms with Crippen LogP contribution in [0.15, 0.2) is 18.3 Å². The van der Waals surface area contributed by atoms with Gasteiger partial charge in [0.05, 0.1) is 4.99 Å². The fourth-order valence-electron chi connectivity index (χ4n) is 2.19. The first-order chi connectivity index (χ1) is 9.08. The maximum Gasteiger partial charge on any atom is 0.272 e. The van der Waals surface area contributed by atoms with Crippen molar-refractivity contribution >= 4 is 23.1 Å². The lowest BCUT2D eigenvalue weighted by Crippen LogP contribution is -2.50. The summed E-state index contributed by atoms with van der Waals surface area (Å²) in [5.41, 5.74) is 6.99. The summed E-state index contributed by atoms with van der Waals surface area (Å²) in [6.45, 7) is 5.52. The predicted molar refractivity (Wildman–Crippen MR) is 78.1 cm³/mol. The second-order valence-electron chi connectivity index (χ2n) is 4.70. The molecule has 0 bridgehead atoms. The van der Waals surface area contributed by atoms with Gasteiger partial charge in [0.15, 0.2) is 0 Å². The number of carbonyl (C=O) groups excluding carboxylic acids is 1. The lowest BCUT2D eigenvalue weighted by atomic mass is 10.2. The van der Waals surface area contributed by atoms with Gasteiger partial charge < -0.3 is 10.6 Å². The molecular weight excluding hydrogens is 260 g/mol. The number of aromatic nitrogens is 1. The zero-order chi connectivity index (χ0) is 13.8. The molecule has 5 nitrogen and oxygen atoms in total. The number of aryl methyl sites for hydroxylation is 1. The quantitative estimate of drug-likeness (QED) is 0.813. The summed E-state index contributed by atoms with van der Waals surface area (Å²) in [7, 11) is 0. The lowest BCUT2D eigenvalue weighted by Gasteiger charge is -2.34. The molecule has 1 aliphatic heterocycles. The molecule has 1 aromatic rings. The highest BCUT2D eigenvalue weighted by atomic mass is 32.1. The molecule has 0 aliphatic carbocycles. The Morgan fingerprint density at radius 3 is 2.68 bits per heavy atom. The molecule has 2 N–H and O–H groups in total. The molecule has 102 valence electrons. The van der Waals surface area contributed by atoms with E-state index in [2.05, 4.69) is 9.88 Å². The van der Waals surface area contributed by atoms with Crippen LogP contribution in [0, 0.1) is 6.92 Å². The topological polar surface area (TPSA) is 62.5 Å². The first-order valence-electron chi connectivity index (χ1n) is 6.29. The number of rotatable bonds is 3. The summed E-state index contributed by atoms with van der Waals surface area (Å²) in [4.78, 5) is 21.0. The fraction of sp³-hybridized carbons (Fsp3) is 0.462. The van der Waals surface area contributed by atoms with Crippen molar-refractivity contribution in [3.63, 3.8) is 0 Å². The number of amides is 1. The van der Waals surface area contributed by atoms with Crippen LogP contribution in [0.3, 0.4) is 0 Å². The van der Waals surface area contributed by atoms with Crippen LogP contribution in [-0.4, -0.2) is 58.4 Å². The molecule has 0 spiro atoms. The van der Waals surface area contributed by atoms with Gasteiger partial charge in [0.2, 0.25) is 0 Å². The molecule has 0 unspecified atom stereocenters. The van der Waals surface area contributed by atoms with Gasteiger partial charge in [0.1, 0.15) is 5.69 Å². The molecule has 0 atom stereocenters. The van der Waals surface area contributed by atoms with Gasteiger partial charge in [-0.25, -0.2) is 0 Å².